The Morgan fingerprint density at radius 2 is 1.89 bits per heavy atom. The highest BCUT2D eigenvalue weighted by molar-refractivity contribution is 9.10. The van der Waals surface area contributed by atoms with E-state index < -0.39 is 18.3 Å². The maximum atomic E-state index is 12.4. The van der Waals surface area contributed by atoms with Crippen LogP contribution in [0.2, 0.25) is 0 Å². The molecule has 0 aliphatic carbocycles. The second-order valence-electron chi connectivity index (χ2n) is 5.68. The molecule has 8 heteroatoms. The van der Waals surface area contributed by atoms with Crippen molar-refractivity contribution in [2.75, 3.05) is 26.1 Å². The minimum absolute atomic E-state index is 0.0873. The highest BCUT2D eigenvalue weighted by Crippen LogP contribution is 2.33. The zero-order valence-electron chi connectivity index (χ0n) is 15.0. The van der Waals surface area contributed by atoms with E-state index in [1.807, 2.05) is 0 Å². The fourth-order valence-corrected chi connectivity index (χ4v) is 2.82. The lowest BCUT2D eigenvalue weighted by Gasteiger charge is -2.26. The summed E-state index contributed by atoms with van der Waals surface area (Å²) in [4.78, 5) is 12.4. The number of halogens is 1. The topological polar surface area (TPSA) is 97.3 Å². The van der Waals surface area contributed by atoms with E-state index >= 15 is 0 Å². The summed E-state index contributed by atoms with van der Waals surface area (Å²) in [7, 11) is 2.91. The fourth-order valence-electron chi connectivity index (χ4n) is 2.56. The molecule has 7 nitrogen and oxygen atoms in total. The summed E-state index contributed by atoms with van der Waals surface area (Å²) in [6.45, 7) is -0.144. The van der Waals surface area contributed by atoms with E-state index in [2.05, 4.69) is 21.2 Å². The zero-order valence-corrected chi connectivity index (χ0v) is 16.6. The van der Waals surface area contributed by atoms with Crippen molar-refractivity contribution in [3.8, 4) is 11.5 Å². The fraction of sp³-hybridized carbons (Fsp3) is 0.316. The van der Waals surface area contributed by atoms with Crippen LogP contribution < -0.4 is 10.1 Å². The van der Waals surface area contributed by atoms with Crippen molar-refractivity contribution >= 4 is 27.7 Å². The minimum atomic E-state index is -0.839. The summed E-state index contributed by atoms with van der Waals surface area (Å²) < 4.78 is 16.9. The van der Waals surface area contributed by atoms with Crippen LogP contribution in [0.15, 0.2) is 46.9 Å². The molecule has 27 heavy (non-hydrogen) atoms. The molecule has 2 aromatic rings. The first-order chi connectivity index (χ1) is 13.0. The predicted octanol–water partition coefficient (Wildman–Crippen LogP) is 3.85. The zero-order chi connectivity index (χ0) is 19.8. The number of benzene rings is 2. The Kier molecular flexibility index (Phi) is 7.90. The van der Waals surface area contributed by atoms with Crippen molar-refractivity contribution in [2.45, 2.75) is 18.6 Å². The lowest BCUT2D eigenvalue weighted by molar-refractivity contribution is -0.0306. The Hall–Kier alpha value is -2.29. The molecular weight excluding hydrogens is 418 g/mol. The average molecular weight is 440 g/mol. The Bertz CT molecular complexity index is 752. The maximum absolute atomic E-state index is 12.4. The smallest absolute Gasteiger partial charge is 0.412 e. The minimum Gasteiger partial charge on any atom is -0.504 e. The molecule has 0 bridgehead atoms. The highest BCUT2D eigenvalue weighted by atomic mass is 79.9. The number of carbonyl (C=O) groups excluding carboxylic acids is 1. The van der Waals surface area contributed by atoms with E-state index in [0.717, 1.165) is 4.47 Å². The van der Waals surface area contributed by atoms with Crippen molar-refractivity contribution in [3.63, 3.8) is 0 Å². The molecule has 0 heterocycles. The Labute approximate surface area is 166 Å². The van der Waals surface area contributed by atoms with E-state index in [1.165, 1.54) is 20.3 Å². The van der Waals surface area contributed by atoms with Gasteiger partial charge in [-0.15, -0.1) is 0 Å². The SMILES string of the molecule is COc1ccc([C@@H](OC(=O)Nc2ccc(Br)cc2)[C@@H](CCO)OC)cc1O. The van der Waals surface area contributed by atoms with Crippen LogP contribution in [0.4, 0.5) is 10.5 Å². The predicted molar refractivity (Wildman–Crippen MR) is 104 cm³/mol. The standard InChI is InChI=1S/C19H22BrNO6/c1-25-16-8-3-12(11-15(16)23)18(17(26-2)9-10-22)27-19(24)21-14-6-4-13(20)5-7-14/h3-8,11,17-18,22-23H,9-10H2,1-2H3,(H,21,24)/t17-,18-/m1/s1. The van der Waals surface area contributed by atoms with Gasteiger partial charge in [0.15, 0.2) is 17.6 Å². The van der Waals surface area contributed by atoms with Crippen molar-refractivity contribution in [2.24, 2.45) is 0 Å². The first-order valence-corrected chi connectivity index (χ1v) is 9.01. The third-order valence-electron chi connectivity index (χ3n) is 3.91. The van der Waals surface area contributed by atoms with Crippen LogP contribution in [0, 0.1) is 0 Å². The summed E-state index contributed by atoms with van der Waals surface area (Å²) >= 11 is 3.33. The molecule has 0 radical (unpaired) electrons. The summed E-state index contributed by atoms with van der Waals surface area (Å²) in [6.07, 6.45) is -1.87. The molecule has 0 aliphatic rings. The number of nitrogens with one attached hydrogen (secondary N) is 1. The summed E-state index contributed by atoms with van der Waals surface area (Å²) in [5, 5.41) is 22.0. The van der Waals surface area contributed by atoms with Gasteiger partial charge in [-0.1, -0.05) is 22.0 Å². The van der Waals surface area contributed by atoms with Crippen LogP contribution in [0.1, 0.15) is 18.1 Å². The van der Waals surface area contributed by atoms with E-state index in [1.54, 1.807) is 36.4 Å². The number of amides is 1. The Balaban J connectivity index is 2.22. The number of hydrogen-bond donors (Lipinski definition) is 3. The van der Waals surface area contributed by atoms with E-state index in [4.69, 9.17) is 14.2 Å². The number of aliphatic hydroxyl groups is 1. The molecule has 2 aromatic carbocycles. The molecule has 0 fully saturated rings. The Morgan fingerprint density at radius 3 is 2.44 bits per heavy atom. The van der Waals surface area contributed by atoms with Gasteiger partial charge in [0.25, 0.3) is 0 Å². The lowest BCUT2D eigenvalue weighted by Crippen LogP contribution is -2.28. The quantitative estimate of drug-likeness (QED) is 0.577. The molecule has 3 N–H and O–H groups in total. The number of rotatable bonds is 8. The van der Waals surface area contributed by atoms with Gasteiger partial charge in [0, 0.05) is 30.3 Å². The molecular formula is C19H22BrNO6. The summed E-state index contributed by atoms with van der Waals surface area (Å²) in [5.74, 6) is 0.212. The number of anilines is 1. The first-order valence-electron chi connectivity index (χ1n) is 8.22. The van der Waals surface area contributed by atoms with Crippen molar-refractivity contribution in [1.29, 1.82) is 0 Å². The van der Waals surface area contributed by atoms with Crippen molar-refractivity contribution < 1.29 is 29.2 Å². The number of phenolic OH excluding ortho intramolecular Hbond substituents is 1. The number of phenols is 1. The highest BCUT2D eigenvalue weighted by Gasteiger charge is 2.28. The molecule has 0 aliphatic heterocycles. The second kappa shape index (κ2) is 10.1. The Morgan fingerprint density at radius 1 is 1.19 bits per heavy atom. The third-order valence-corrected chi connectivity index (χ3v) is 4.44. The monoisotopic (exact) mass is 439 g/mol. The molecule has 1 amide bonds. The van der Waals surface area contributed by atoms with Crippen molar-refractivity contribution in [3.05, 3.63) is 52.5 Å². The van der Waals surface area contributed by atoms with Gasteiger partial charge in [0.05, 0.1) is 7.11 Å². The van der Waals surface area contributed by atoms with E-state index in [9.17, 15) is 15.0 Å². The molecule has 2 atom stereocenters. The van der Waals surface area contributed by atoms with Gasteiger partial charge in [-0.05, 0) is 42.0 Å². The molecule has 2 rings (SSSR count). The number of aliphatic hydroxyl groups excluding tert-OH is 1. The third kappa shape index (κ3) is 5.85. The van der Waals surface area contributed by atoms with E-state index in [0.29, 0.717) is 17.0 Å². The summed E-state index contributed by atoms with van der Waals surface area (Å²) in [6, 6.07) is 11.7. The number of aromatic hydroxyl groups is 1. The largest absolute Gasteiger partial charge is 0.504 e. The van der Waals surface area contributed by atoms with E-state index in [-0.39, 0.29) is 18.8 Å². The maximum Gasteiger partial charge on any atom is 0.412 e. The number of hydrogen-bond acceptors (Lipinski definition) is 6. The number of methoxy groups -OCH3 is 2. The first kappa shape index (κ1) is 21.0. The van der Waals surface area contributed by atoms with Gasteiger partial charge in [-0.2, -0.15) is 0 Å². The van der Waals surface area contributed by atoms with Crippen LogP contribution in [0.25, 0.3) is 0 Å². The van der Waals surface area contributed by atoms with Crippen LogP contribution in [0.3, 0.4) is 0 Å². The van der Waals surface area contributed by atoms with Crippen molar-refractivity contribution in [1.82, 2.24) is 0 Å². The van der Waals surface area contributed by atoms with Gasteiger partial charge >= 0.3 is 6.09 Å². The second-order valence-corrected chi connectivity index (χ2v) is 6.59. The molecule has 0 aromatic heterocycles. The molecule has 0 saturated heterocycles. The van der Waals surface area contributed by atoms with Crippen LogP contribution in [-0.2, 0) is 9.47 Å². The van der Waals surface area contributed by atoms with Crippen LogP contribution in [-0.4, -0.2) is 43.2 Å². The van der Waals surface area contributed by atoms with Gasteiger partial charge in [-0.3, -0.25) is 5.32 Å². The molecule has 146 valence electrons. The van der Waals surface area contributed by atoms with Gasteiger partial charge in [-0.25, -0.2) is 4.79 Å². The van der Waals surface area contributed by atoms with Gasteiger partial charge in [0.2, 0.25) is 0 Å². The molecule has 0 spiro atoms. The average Bonchev–Trinajstić information content (AvgIpc) is 2.66. The van der Waals surface area contributed by atoms with Gasteiger partial charge in [0.1, 0.15) is 6.10 Å². The normalized spacial score (nSPS) is 12.9. The number of carbonyl (C=O) groups is 1. The van der Waals surface area contributed by atoms with Gasteiger partial charge < -0.3 is 24.4 Å². The van der Waals surface area contributed by atoms with Crippen LogP contribution >= 0.6 is 15.9 Å². The lowest BCUT2D eigenvalue weighted by atomic mass is 10.0. The summed E-state index contributed by atoms with van der Waals surface area (Å²) in [5.41, 5.74) is 1.08. The molecule has 0 saturated carbocycles. The molecule has 0 unspecified atom stereocenters. The number of ether oxygens (including phenoxy) is 3. The van der Waals surface area contributed by atoms with Crippen LogP contribution in [0.5, 0.6) is 11.5 Å².